The zero-order valence-electron chi connectivity index (χ0n) is 15.2. The van der Waals surface area contributed by atoms with Crippen LogP contribution >= 0.6 is 11.6 Å². The summed E-state index contributed by atoms with van der Waals surface area (Å²) in [5, 5.41) is 5.48. The Morgan fingerprint density at radius 1 is 1.10 bits per heavy atom. The number of methoxy groups -OCH3 is 1. The van der Waals surface area contributed by atoms with Crippen molar-refractivity contribution in [2.75, 3.05) is 12.4 Å². The Bertz CT molecular complexity index is 1350. The fourth-order valence-electron chi connectivity index (χ4n) is 3.01. The predicted molar refractivity (Wildman–Crippen MR) is 110 cm³/mol. The second kappa shape index (κ2) is 7.33. The lowest BCUT2D eigenvalue weighted by Gasteiger charge is -2.08. The number of hydrogen-bond donors (Lipinski definition) is 3. The second-order valence-electron chi connectivity index (χ2n) is 6.19. The Morgan fingerprint density at radius 2 is 1.90 bits per heavy atom. The van der Waals surface area contributed by atoms with E-state index in [1.807, 2.05) is 0 Å². The van der Waals surface area contributed by atoms with Gasteiger partial charge in [0.1, 0.15) is 5.75 Å². The summed E-state index contributed by atoms with van der Waals surface area (Å²) in [6, 6.07) is 14.8. The number of anilines is 1. The SMILES string of the molecule is COc1ccccc1C(=O)Nc1c(=O)[nH]n2c(=O)cc(-c3cccc(Cl)c3)[nH]c12. The van der Waals surface area contributed by atoms with Crippen molar-refractivity contribution < 1.29 is 9.53 Å². The van der Waals surface area contributed by atoms with Crippen LogP contribution < -0.4 is 21.2 Å². The number of carbonyl (C=O) groups excluding carboxylic acids is 1. The molecule has 0 radical (unpaired) electrons. The molecule has 0 unspecified atom stereocenters. The summed E-state index contributed by atoms with van der Waals surface area (Å²) in [6.45, 7) is 0. The van der Waals surface area contributed by atoms with Gasteiger partial charge >= 0.3 is 0 Å². The number of hydrogen-bond acceptors (Lipinski definition) is 4. The fourth-order valence-corrected chi connectivity index (χ4v) is 3.20. The molecule has 2 heterocycles. The van der Waals surface area contributed by atoms with E-state index in [4.69, 9.17) is 16.3 Å². The number of rotatable bonds is 4. The molecule has 1 amide bonds. The molecule has 0 aliphatic carbocycles. The number of H-pyrrole nitrogens is 2. The molecule has 29 heavy (non-hydrogen) atoms. The van der Waals surface area contributed by atoms with Crippen molar-refractivity contribution in [3.8, 4) is 17.0 Å². The third-order valence-corrected chi connectivity index (χ3v) is 4.60. The maximum absolute atomic E-state index is 12.7. The van der Waals surface area contributed by atoms with Crippen LogP contribution in [0.15, 0.2) is 64.2 Å². The molecule has 0 fully saturated rings. The number of halogens is 1. The topological polar surface area (TPSA) is 108 Å². The van der Waals surface area contributed by atoms with Crippen LogP contribution in [0, 0.1) is 0 Å². The van der Waals surface area contributed by atoms with Gasteiger partial charge in [0.15, 0.2) is 11.3 Å². The van der Waals surface area contributed by atoms with Crippen molar-refractivity contribution >= 4 is 28.8 Å². The average molecular weight is 411 g/mol. The first-order valence-corrected chi connectivity index (χ1v) is 8.94. The van der Waals surface area contributed by atoms with Gasteiger partial charge in [-0.05, 0) is 29.8 Å². The maximum Gasteiger partial charge on any atom is 0.290 e. The van der Waals surface area contributed by atoms with Crippen molar-refractivity contribution in [3.05, 3.63) is 85.9 Å². The zero-order valence-corrected chi connectivity index (χ0v) is 15.9. The van der Waals surface area contributed by atoms with Gasteiger partial charge in [-0.3, -0.25) is 19.5 Å². The van der Waals surface area contributed by atoms with Crippen molar-refractivity contribution in [1.82, 2.24) is 14.6 Å². The molecule has 8 nitrogen and oxygen atoms in total. The Morgan fingerprint density at radius 3 is 2.66 bits per heavy atom. The van der Waals surface area contributed by atoms with E-state index >= 15 is 0 Å². The van der Waals surface area contributed by atoms with Gasteiger partial charge in [-0.15, -0.1) is 0 Å². The van der Waals surface area contributed by atoms with Gasteiger partial charge in [-0.25, -0.2) is 0 Å². The van der Waals surface area contributed by atoms with E-state index in [0.717, 1.165) is 4.52 Å². The minimum absolute atomic E-state index is 0.0816. The lowest BCUT2D eigenvalue weighted by atomic mass is 10.1. The number of aromatic amines is 2. The predicted octanol–water partition coefficient (Wildman–Crippen LogP) is 2.90. The standard InChI is InChI=1S/C20H15ClN4O4/c1-29-15-8-3-2-7-13(15)19(27)23-17-18-22-14(11-5-4-6-12(21)9-11)10-16(26)25(18)24-20(17)28/h2-10,22H,1H3,(H,23,27)(H,24,28). The summed E-state index contributed by atoms with van der Waals surface area (Å²) in [4.78, 5) is 40.6. The highest BCUT2D eigenvalue weighted by Crippen LogP contribution is 2.22. The quantitative estimate of drug-likeness (QED) is 0.480. The molecule has 0 saturated heterocycles. The van der Waals surface area contributed by atoms with Gasteiger partial charge in [0.05, 0.1) is 18.4 Å². The Hall–Kier alpha value is -3.78. The normalized spacial score (nSPS) is 10.8. The van der Waals surface area contributed by atoms with Crippen molar-refractivity contribution in [2.45, 2.75) is 0 Å². The van der Waals surface area contributed by atoms with Crippen LogP contribution in [0.3, 0.4) is 0 Å². The Labute approximate surface area is 168 Å². The summed E-state index contributed by atoms with van der Waals surface area (Å²) >= 11 is 6.03. The average Bonchev–Trinajstić information content (AvgIpc) is 3.04. The Balaban J connectivity index is 1.82. The van der Waals surface area contributed by atoms with Crippen LogP contribution in [0.25, 0.3) is 16.9 Å². The third-order valence-electron chi connectivity index (χ3n) is 4.37. The molecule has 2 aromatic carbocycles. The van der Waals surface area contributed by atoms with Crippen LogP contribution in [0.1, 0.15) is 10.4 Å². The number of benzene rings is 2. The van der Waals surface area contributed by atoms with Gasteiger partial charge in [-0.2, -0.15) is 4.52 Å². The molecule has 9 heteroatoms. The molecule has 146 valence electrons. The number of nitrogens with zero attached hydrogens (tertiary/aromatic N) is 1. The maximum atomic E-state index is 12.7. The van der Waals surface area contributed by atoms with Crippen LogP contribution in [0.5, 0.6) is 5.75 Å². The third kappa shape index (κ3) is 3.41. The molecule has 2 aromatic heterocycles. The van der Waals surface area contributed by atoms with Crippen LogP contribution in [-0.2, 0) is 0 Å². The van der Waals surface area contributed by atoms with Gasteiger partial charge in [0, 0.05) is 11.1 Å². The molecular weight excluding hydrogens is 396 g/mol. The minimum atomic E-state index is -0.621. The fraction of sp³-hybridized carbons (Fsp3) is 0.0500. The van der Waals surface area contributed by atoms with Gasteiger partial charge < -0.3 is 15.0 Å². The molecule has 4 aromatic rings. The smallest absolute Gasteiger partial charge is 0.290 e. The molecular formula is C20H15ClN4O4. The van der Waals surface area contributed by atoms with E-state index < -0.39 is 17.0 Å². The Kier molecular flexibility index (Phi) is 4.69. The van der Waals surface area contributed by atoms with Gasteiger partial charge in [0.25, 0.3) is 17.0 Å². The van der Waals surface area contributed by atoms with Crippen molar-refractivity contribution in [2.24, 2.45) is 0 Å². The lowest BCUT2D eigenvalue weighted by Crippen LogP contribution is -2.18. The first-order valence-electron chi connectivity index (χ1n) is 8.56. The lowest BCUT2D eigenvalue weighted by molar-refractivity contribution is 0.102. The number of fused-ring (bicyclic) bond motifs is 1. The summed E-state index contributed by atoms with van der Waals surface area (Å²) in [5.74, 6) is -0.187. The summed E-state index contributed by atoms with van der Waals surface area (Å²) in [7, 11) is 1.45. The first-order chi connectivity index (χ1) is 14.0. The molecule has 0 atom stereocenters. The van der Waals surface area contributed by atoms with E-state index in [9.17, 15) is 14.4 Å². The largest absolute Gasteiger partial charge is 0.496 e. The molecule has 0 saturated carbocycles. The molecule has 4 rings (SSSR count). The van der Waals surface area contributed by atoms with Crippen molar-refractivity contribution in [3.63, 3.8) is 0 Å². The molecule has 0 aliphatic rings. The highest BCUT2D eigenvalue weighted by atomic mass is 35.5. The zero-order chi connectivity index (χ0) is 20.5. The van der Waals surface area contributed by atoms with E-state index in [1.54, 1.807) is 48.5 Å². The van der Waals surface area contributed by atoms with Crippen LogP contribution in [-0.4, -0.2) is 27.6 Å². The van der Waals surface area contributed by atoms with E-state index in [0.29, 0.717) is 22.0 Å². The number of para-hydroxylation sites is 1. The van der Waals surface area contributed by atoms with Crippen LogP contribution in [0.2, 0.25) is 5.02 Å². The monoisotopic (exact) mass is 410 g/mol. The number of nitrogens with one attached hydrogen (secondary N) is 3. The molecule has 0 aliphatic heterocycles. The van der Waals surface area contributed by atoms with Crippen LogP contribution in [0.4, 0.5) is 5.69 Å². The number of amides is 1. The summed E-state index contributed by atoms with van der Waals surface area (Å²) in [6.07, 6.45) is 0. The first kappa shape index (κ1) is 18.6. The van der Waals surface area contributed by atoms with Gasteiger partial charge in [0.2, 0.25) is 0 Å². The molecule has 0 spiro atoms. The molecule has 0 bridgehead atoms. The molecule has 3 N–H and O–H groups in total. The highest BCUT2D eigenvalue weighted by Gasteiger charge is 2.18. The van der Waals surface area contributed by atoms with E-state index in [2.05, 4.69) is 15.4 Å². The van der Waals surface area contributed by atoms with Gasteiger partial charge in [-0.1, -0.05) is 35.9 Å². The number of carbonyl (C=O) groups is 1. The second-order valence-corrected chi connectivity index (χ2v) is 6.62. The highest BCUT2D eigenvalue weighted by molar-refractivity contribution is 6.30. The number of ether oxygens (including phenoxy) is 1. The summed E-state index contributed by atoms with van der Waals surface area (Å²) in [5.41, 5.74) is 0.315. The minimum Gasteiger partial charge on any atom is -0.496 e. The number of aromatic nitrogens is 3. The van der Waals surface area contributed by atoms with E-state index in [1.165, 1.54) is 13.2 Å². The van der Waals surface area contributed by atoms with E-state index in [-0.39, 0.29) is 16.9 Å². The summed E-state index contributed by atoms with van der Waals surface area (Å²) < 4.78 is 6.22. The van der Waals surface area contributed by atoms with Crippen molar-refractivity contribution in [1.29, 1.82) is 0 Å².